The normalized spacial score (nSPS) is 16.7. The molecular weight excluding hydrogens is 520 g/mol. The lowest BCUT2D eigenvalue weighted by Gasteiger charge is -2.41. The monoisotopic (exact) mass is 560 g/mol. The van der Waals surface area contributed by atoms with Crippen LogP contribution in [0.2, 0.25) is 0 Å². The molecule has 0 bridgehead atoms. The first-order chi connectivity index (χ1) is 19.5. The number of pyridine rings is 1. The molecule has 218 valence electrons. The summed E-state index contributed by atoms with van der Waals surface area (Å²) in [4.78, 5) is 48.5. The third-order valence-electron chi connectivity index (χ3n) is 7.04. The molecule has 4 rings (SSSR count). The average Bonchev–Trinajstić information content (AvgIpc) is 2.94. The van der Waals surface area contributed by atoms with Gasteiger partial charge in [0.2, 0.25) is 5.91 Å². The van der Waals surface area contributed by atoms with E-state index in [1.165, 1.54) is 12.7 Å². The molecule has 1 aliphatic rings. The van der Waals surface area contributed by atoms with Gasteiger partial charge in [-0.05, 0) is 51.8 Å². The summed E-state index contributed by atoms with van der Waals surface area (Å²) in [6.45, 7) is 10.1. The van der Waals surface area contributed by atoms with Crippen molar-refractivity contribution in [3.8, 4) is 5.75 Å². The first-order valence-corrected chi connectivity index (χ1v) is 14.1. The Labute approximate surface area is 241 Å². The van der Waals surface area contributed by atoms with Gasteiger partial charge in [0, 0.05) is 50.1 Å². The van der Waals surface area contributed by atoms with Gasteiger partial charge in [0.05, 0.1) is 12.6 Å². The van der Waals surface area contributed by atoms with E-state index >= 15 is 0 Å². The predicted molar refractivity (Wildman–Crippen MR) is 158 cm³/mol. The Hall–Kier alpha value is -3.98. The van der Waals surface area contributed by atoms with Gasteiger partial charge in [-0.1, -0.05) is 42.5 Å². The third-order valence-corrected chi connectivity index (χ3v) is 7.04. The Bertz CT molecular complexity index is 1370. The van der Waals surface area contributed by atoms with E-state index in [2.05, 4.69) is 27.3 Å². The Balaban J connectivity index is 1.50. The summed E-state index contributed by atoms with van der Waals surface area (Å²) in [5.41, 5.74) is 1.32. The molecule has 0 spiro atoms. The predicted octanol–water partition coefficient (Wildman–Crippen LogP) is 4.20. The van der Waals surface area contributed by atoms with Gasteiger partial charge in [0.25, 0.3) is 5.91 Å². The lowest BCUT2D eigenvalue weighted by molar-refractivity contribution is -0.155. The fourth-order valence-corrected chi connectivity index (χ4v) is 5.12. The van der Waals surface area contributed by atoms with Crippen molar-refractivity contribution in [2.24, 2.45) is 0 Å². The molecule has 9 nitrogen and oxygen atoms in total. The van der Waals surface area contributed by atoms with E-state index < -0.39 is 23.5 Å². The number of para-hydroxylation sites is 1. The lowest BCUT2D eigenvalue weighted by atomic mass is 10.1. The molecule has 2 amide bonds. The van der Waals surface area contributed by atoms with Gasteiger partial charge in [-0.3, -0.25) is 19.3 Å². The fourth-order valence-electron chi connectivity index (χ4n) is 5.12. The minimum absolute atomic E-state index is 0.00915. The van der Waals surface area contributed by atoms with Gasteiger partial charge in [-0.25, -0.2) is 4.98 Å². The molecule has 1 saturated heterocycles. The maximum Gasteiger partial charge on any atom is 0.306 e. The standard InChI is InChI=1S/C32H40N4O5/c1-22-20-35(21-23-11-7-6-8-12-23)17-18-36(22)31(39)26(15-16-29(37)41-32(2,3)4)34-30(38)27-19-28(40-5)24-13-9-10-14-25(24)33-27/h6-14,19,22,26H,15-18,20-21H2,1-5H3,(H,34,38). The molecule has 2 unspecified atom stereocenters. The molecule has 1 aromatic heterocycles. The second-order valence-electron chi connectivity index (χ2n) is 11.5. The zero-order valence-corrected chi connectivity index (χ0v) is 24.6. The number of ether oxygens (including phenoxy) is 2. The van der Waals surface area contributed by atoms with Crippen molar-refractivity contribution in [3.63, 3.8) is 0 Å². The second-order valence-corrected chi connectivity index (χ2v) is 11.5. The number of aromatic nitrogens is 1. The number of benzene rings is 2. The van der Waals surface area contributed by atoms with Crippen LogP contribution in [0.25, 0.3) is 10.9 Å². The third kappa shape index (κ3) is 8.04. The highest BCUT2D eigenvalue weighted by atomic mass is 16.6. The van der Waals surface area contributed by atoms with Crippen molar-refractivity contribution < 1.29 is 23.9 Å². The van der Waals surface area contributed by atoms with Crippen LogP contribution >= 0.6 is 0 Å². The Morgan fingerprint density at radius 3 is 2.44 bits per heavy atom. The minimum atomic E-state index is -0.919. The molecule has 1 N–H and O–H groups in total. The zero-order valence-electron chi connectivity index (χ0n) is 24.6. The van der Waals surface area contributed by atoms with Crippen LogP contribution in [0.5, 0.6) is 5.75 Å². The van der Waals surface area contributed by atoms with Crippen molar-refractivity contribution in [3.05, 3.63) is 71.9 Å². The van der Waals surface area contributed by atoms with Crippen molar-refractivity contribution >= 4 is 28.7 Å². The van der Waals surface area contributed by atoms with E-state index in [1.807, 2.05) is 43.3 Å². The fraction of sp³-hybridized carbons (Fsp3) is 0.438. The number of esters is 1. The Morgan fingerprint density at radius 1 is 1.05 bits per heavy atom. The van der Waals surface area contributed by atoms with Gasteiger partial charge in [-0.15, -0.1) is 0 Å². The number of fused-ring (bicyclic) bond motifs is 1. The van der Waals surface area contributed by atoms with E-state index in [0.717, 1.165) is 11.9 Å². The van der Waals surface area contributed by atoms with Crippen LogP contribution in [0.15, 0.2) is 60.7 Å². The van der Waals surface area contributed by atoms with Crippen molar-refractivity contribution in [1.82, 2.24) is 20.1 Å². The largest absolute Gasteiger partial charge is 0.496 e. The maximum absolute atomic E-state index is 13.9. The molecule has 41 heavy (non-hydrogen) atoms. The highest BCUT2D eigenvalue weighted by molar-refractivity contribution is 5.99. The number of carbonyl (C=O) groups excluding carboxylic acids is 3. The number of nitrogens with zero attached hydrogens (tertiary/aromatic N) is 3. The molecule has 1 fully saturated rings. The molecule has 2 heterocycles. The van der Waals surface area contributed by atoms with Crippen LogP contribution in [0.4, 0.5) is 0 Å². The van der Waals surface area contributed by atoms with Crippen molar-refractivity contribution in [2.45, 2.75) is 64.8 Å². The van der Waals surface area contributed by atoms with Gasteiger partial charge in [-0.2, -0.15) is 0 Å². The minimum Gasteiger partial charge on any atom is -0.496 e. The van der Waals surface area contributed by atoms with E-state index in [0.29, 0.717) is 30.9 Å². The number of carbonyl (C=O) groups is 3. The average molecular weight is 561 g/mol. The maximum atomic E-state index is 13.9. The van der Waals surface area contributed by atoms with Crippen LogP contribution in [-0.4, -0.2) is 77.0 Å². The molecule has 0 aliphatic carbocycles. The van der Waals surface area contributed by atoms with E-state index in [-0.39, 0.29) is 30.5 Å². The highest BCUT2D eigenvalue weighted by Gasteiger charge is 2.34. The van der Waals surface area contributed by atoms with Crippen LogP contribution < -0.4 is 10.1 Å². The van der Waals surface area contributed by atoms with Gasteiger partial charge in [0.1, 0.15) is 23.1 Å². The van der Waals surface area contributed by atoms with E-state index in [9.17, 15) is 14.4 Å². The quantitative estimate of drug-likeness (QED) is 0.392. The number of amides is 2. The Kier molecular flexibility index (Phi) is 9.60. The van der Waals surface area contributed by atoms with Crippen LogP contribution in [0.1, 0.15) is 56.6 Å². The molecule has 0 saturated carbocycles. The molecule has 2 aromatic carbocycles. The number of nitrogens with one attached hydrogen (secondary N) is 1. The van der Waals surface area contributed by atoms with Crippen LogP contribution in [-0.2, 0) is 20.9 Å². The van der Waals surface area contributed by atoms with Crippen LogP contribution in [0.3, 0.4) is 0 Å². The molecule has 1 aliphatic heterocycles. The lowest BCUT2D eigenvalue weighted by Crippen LogP contribution is -2.58. The molecule has 2 atom stereocenters. The first-order valence-electron chi connectivity index (χ1n) is 14.1. The molecule has 3 aromatic rings. The summed E-state index contributed by atoms with van der Waals surface area (Å²) in [6, 6.07) is 18.2. The van der Waals surface area contributed by atoms with E-state index in [4.69, 9.17) is 9.47 Å². The number of hydrogen-bond donors (Lipinski definition) is 1. The summed E-state index contributed by atoms with van der Waals surface area (Å²) in [7, 11) is 1.54. The second kappa shape index (κ2) is 13.1. The summed E-state index contributed by atoms with van der Waals surface area (Å²) < 4.78 is 11.0. The van der Waals surface area contributed by atoms with Crippen LogP contribution in [0, 0.1) is 0 Å². The summed E-state index contributed by atoms with van der Waals surface area (Å²) in [5, 5.41) is 3.65. The number of piperazine rings is 1. The smallest absolute Gasteiger partial charge is 0.306 e. The summed E-state index contributed by atoms with van der Waals surface area (Å²) >= 11 is 0. The number of rotatable bonds is 9. The van der Waals surface area contributed by atoms with Gasteiger partial charge in [0.15, 0.2) is 0 Å². The summed E-state index contributed by atoms with van der Waals surface area (Å²) in [6.07, 6.45) is 0.103. The van der Waals surface area contributed by atoms with Crippen molar-refractivity contribution in [2.75, 3.05) is 26.7 Å². The zero-order chi connectivity index (χ0) is 29.6. The topological polar surface area (TPSA) is 101 Å². The molecule has 0 radical (unpaired) electrons. The van der Waals surface area contributed by atoms with Gasteiger partial charge < -0.3 is 19.7 Å². The first kappa shape index (κ1) is 30.0. The highest BCUT2D eigenvalue weighted by Crippen LogP contribution is 2.25. The molecular formula is C32H40N4O5. The van der Waals surface area contributed by atoms with E-state index in [1.54, 1.807) is 37.8 Å². The van der Waals surface area contributed by atoms with Crippen molar-refractivity contribution in [1.29, 1.82) is 0 Å². The molecule has 9 heteroatoms. The SMILES string of the molecule is COc1cc(C(=O)NC(CCC(=O)OC(C)(C)C)C(=O)N2CCN(Cc3ccccc3)CC2C)nc2ccccc12. The number of methoxy groups -OCH3 is 1. The Morgan fingerprint density at radius 2 is 1.76 bits per heavy atom. The summed E-state index contributed by atoms with van der Waals surface area (Å²) in [5.74, 6) is -0.634. The number of hydrogen-bond acceptors (Lipinski definition) is 7. The van der Waals surface area contributed by atoms with Gasteiger partial charge >= 0.3 is 5.97 Å².